The fourth-order valence-corrected chi connectivity index (χ4v) is 3.17. The molecule has 21 heavy (non-hydrogen) atoms. The van der Waals surface area contributed by atoms with E-state index in [2.05, 4.69) is 5.32 Å². The number of benzene rings is 1. The third kappa shape index (κ3) is 2.53. The van der Waals surface area contributed by atoms with E-state index < -0.39 is 11.9 Å². The molecule has 1 aliphatic carbocycles. The molecule has 6 heteroatoms. The topological polar surface area (TPSA) is 89.9 Å². The molecule has 1 aromatic rings. The number of phenolic OH excluding ortho intramolecular Hbond substituents is 1. The summed E-state index contributed by atoms with van der Waals surface area (Å²) >= 11 is 0. The Bertz CT molecular complexity index is 587. The summed E-state index contributed by atoms with van der Waals surface area (Å²) in [5.74, 6) is -1.03. The second kappa shape index (κ2) is 5.27. The summed E-state index contributed by atoms with van der Waals surface area (Å²) in [6.07, 6.45) is 2.00. The van der Waals surface area contributed by atoms with Crippen LogP contribution in [0.1, 0.15) is 30.0 Å². The molecule has 2 unspecified atom stereocenters. The average molecular weight is 290 g/mol. The van der Waals surface area contributed by atoms with Gasteiger partial charge < -0.3 is 20.4 Å². The maximum absolute atomic E-state index is 12.2. The van der Waals surface area contributed by atoms with E-state index in [1.54, 1.807) is 17.0 Å². The van der Waals surface area contributed by atoms with Gasteiger partial charge in [-0.05, 0) is 36.5 Å². The molecular formula is C15H18N2O4. The van der Waals surface area contributed by atoms with E-state index in [1.165, 1.54) is 0 Å². The number of carboxylic acids is 1. The van der Waals surface area contributed by atoms with E-state index in [4.69, 9.17) is 5.11 Å². The number of aliphatic carboxylic acids is 1. The number of carboxylic acid groups (broad SMARTS) is 1. The number of nitrogens with one attached hydrogen (secondary N) is 1. The van der Waals surface area contributed by atoms with Crippen molar-refractivity contribution in [3.8, 4) is 5.75 Å². The van der Waals surface area contributed by atoms with Crippen molar-refractivity contribution in [3.63, 3.8) is 0 Å². The third-order valence-corrected chi connectivity index (χ3v) is 4.37. The van der Waals surface area contributed by atoms with Crippen LogP contribution in [-0.4, -0.2) is 40.2 Å². The summed E-state index contributed by atoms with van der Waals surface area (Å²) < 4.78 is 0. The second-order valence-corrected chi connectivity index (χ2v) is 5.66. The summed E-state index contributed by atoms with van der Waals surface area (Å²) in [6, 6.07) is 5.01. The molecule has 1 heterocycles. The number of amides is 2. The van der Waals surface area contributed by atoms with E-state index >= 15 is 0 Å². The SMILES string of the molecule is O=C(O)C1CCN(C(=O)NC2CCc3c(O)cccc32)C1. The van der Waals surface area contributed by atoms with Crippen LogP contribution in [-0.2, 0) is 11.2 Å². The minimum Gasteiger partial charge on any atom is -0.508 e. The lowest BCUT2D eigenvalue weighted by molar-refractivity contribution is -0.141. The van der Waals surface area contributed by atoms with Gasteiger partial charge >= 0.3 is 12.0 Å². The van der Waals surface area contributed by atoms with Gasteiger partial charge in [-0.25, -0.2) is 4.79 Å². The summed E-state index contributed by atoms with van der Waals surface area (Å²) in [5.41, 5.74) is 1.85. The lowest BCUT2D eigenvalue weighted by Gasteiger charge is -2.21. The van der Waals surface area contributed by atoms with E-state index in [0.717, 1.165) is 24.0 Å². The lowest BCUT2D eigenvalue weighted by atomic mass is 10.1. The van der Waals surface area contributed by atoms with Gasteiger partial charge in [0.2, 0.25) is 0 Å². The third-order valence-electron chi connectivity index (χ3n) is 4.37. The lowest BCUT2D eigenvalue weighted by Crippen LogP contribution is -2.40. The van der Waals surface area contributed by atoms with Crippen molar-refractivity contribution in [2.45, 2.75) is 25.3 Å². The van der Waals surface area contributed by atoms with Crippen LogP contribution in [0.4, 0.5) is 4.79 Å². The summed E-state index contributed by atoms with van der Waals surface area (Å²) in [5, 5.41) is 21.7. The van der Waals surface area contributed by atoms with Crippen LogP contribution in [0, 0.1) is 5.92 Å². The largest absolute Gasteiger partial charge is 0.508 e. The van der Waals surface area contributed by atoms with Gasteiger partial charge in [-0.15, -0.1) is 0 Å². The Balaban J connectivity index is 1.65. The van der Waals surface area contributed by atoms with Crippen molar-refractivity contribution in [1.82, 2.24) is 10.2 Å². The van der Waals surface area contributed by atoms with Crippen molar-refractivity contribution in [3.05, 3.63) is 29.3 Å². The van der Waals surface area contributed by atoms with E-state index in [9.17, 15) is 14.7 Å². The van der Waals surface area contributed by atoms with Gasteiger partial charge in [0, 0.05) is 13.1 Å². The Kier molecular flexibility index (Phi) is 3.45. The predicted octanol–water partition coefficient (Wildman–Crippen LogP) is 1.50. The molecule has 3 rings (SSSR count). The average Bonchev–Trinajstić information content (AvgIpc) is 3.07. The first-order chi connectivity index (χ1) is 10.1. The van der Waals surface area contributed by atoms with Gasteiger partial charge in [-0.2, -0.15) is 0 Å². The Labute approximate surface area is 122 Å². The van der Waals surface area contributed by atoms with Gasteiger partial charge in [0.1, 0.15) is 5.75 Å². The normalized spacial score (nSPS) is 23.9. The monoisotopic (exact) mass is 290 g/mol. The number of hydrogen-bond acceptors (Lipinski definition) is 3. The van der Waals surface area contributed by atoms with Crippen LogP contribution >= 0.6 is 0 Å². The summed E-state index contributed by atoms with van der Waals surface area (Å²) in [6.45, 7) is 0.739. The molecule has 0 aromatic heterocycles. The van der Waals surface area contributed by atoms with E-state index in [-0.39, 0.29) is 24.4 Å². The van der Waals surface area contributed by atoms with E-state index in [0.29, 0.717) is 13.0 Å². The van der Waals surface area contributed by atoms with Crippen LogP contribution in [0.5, 0.6) is 5.75 Å². The zero-order valence-electron chi connectivity index (χ0n) is 11.6. The van der Waals surface area contributed by atoms with Crippen LogP contribution in [0.2, 0.25) is 0 Å². The summed E-state index contributed by atoms with van der Waals surface area (Å²) in [7, 11) is 0. The molecule has 2 atom stereocenters. The number of likely N-dealkylation sites (tertiary alicyclic amines) is 1. The van der Waals surface area contributed by atoms with Crippen LogP contribution < -0.4 is 5.32 Å². The highest BCUT2D eigenvalue weighted by molar-refractivity contribution is 5.78. The van der Waals surface area contributed by atoms with Gasteiger partial charge in [0.25, 0.3) is 0 Å². The number of rotatable bonds is 2. The van der Waals surface area contributed by atoms with Crippen molar-refractivity contribution in [2.75, 3.05) is 13.1 Å². The molecule has 2 aliphatic rings. The first-order valence-corrected chi connectivity index (χ1v) is 7.15. The van der Waals surface area contributed by atoms with Crippen molar-refractivity contribution < 1.29 is 19.8 Å². The van der Waals surface area contributed by atoms with Crippen molar-refractivity contribution in [2.24, 2.45) is 5.92 Å². The molecule has 1 saturated heterocycles. The molecule has 0 spiro atoms. The Morgan fingerprint density at radius 1 is 1.29 bits per heavy atom. The number of carbonyl (C=O) groups excluding carboxylic acids is 1. The molecular weight excluding hydrogens is 272 g/mol. The Hall–Kier alpha value is -2.24. The minimum atomic E-state index is -0.846. The van der Waals surface area contributed by atoms with Gasteiger partial charge in [-0.3, -0.25) is 4.79 Å². The number of nitrogens with zero attached hydrogens (tertiary/aromatic N) is 1. The van der Waals surface area contributed by atoms with Crippen molar-refractivity contribution in [1.29, 1.82) is 0 Å². The van der Waals surface area contributed by atoms with Crippen LogP contribution in [0.15, 0.2) is 18.2 Å². The highest BCUT2D eigenvalue weighted by Gasteiger charge is 2.33. The Morgan fingerprint density at radius 2 is 2.10 bits per heavy atom. The second-order valence-electron chi connectivity index (χ2n) is 5.66. The van der Waals surface area contributed by atoms with Gasteiger partial charge in [-0.1, -0.05) is 12.1 Å². The van der Waals surface area contributed by atoms with Crippen LogP contribution in [0.3, 0.4) is 0 Å². The minimum absolute atomic E-state index is 0.108. The molecule has 0 radical (unpaired) electrons. The highest BCUT2D eigenvalue weighted by atomic mass is 16.4. The number of urea groups is 1. The number of fused-ring (bicyclic) bond motifs is 1. The molecule has 1 aromatic carbocycles. The molecule has 112 valence electrons. The van der Waals surface area contributed by atoms with Gasteiger partial charge in [0.15, 0.2) is 0 Å². The fraction of sp³-hybridized carbons (Fsp3) is 0.467. The Morgan fingerprint density at radius 3 is 2.81 bits per heavy atom. The molecule has 2 amide bonds. The van der Waals surface area contributed by atoms with Crippen molar-refractivity contribution >= 4 is 12.0 Å². The smallest absolute Gasteiger partial charge is 0.317 e. The highest BCUT2D eigenvalue weighted by Crippen LogP contribution is 2.36. The first-order valence-electron chi connectivity index (χ1n) is 7.15. The number of carbonyl (C=O) groups is 2. The zero-order valence-corrected chi connectivity index (χ0v) is 11.6. The molecule has 0 saturated carbocycles. The maximum Gasteiger partial charge on any atom is 0.317 e. The molecule has 1 fully saturated rings. The maximum atomic E-state index is 12.2. The zero-order chi connectivity index (χ0) is 15.0. The molecule has 6 nitrogen and oxygen atoms in total. The molecule has 1 aliphatic heterocycles. The summed E-state index contributed by atoms with van der Waals surface area (Å²) in [4.78, 5) is 24.7. The number of hydrogen-bond donors (Lipinski definition) is 3. The molecule has 0 bridgehead atoms. The predicted molar refractivity (Wildman–Crippen MR) is 75.0 cm³/mol. The quantitative estimate of drug-likeness (QED) is 0.770. The molecule has 3 N–H and O–H groups in total. The fourth-order valence-electron chi connectivity index (χ4n) is 3.17. The van der Waals surface area contributed by atoms with E-state index in [1.807, 2.05) is 6.07 Å². The van der Waals surface area contributed by atoms with Crippen LogP contribution in [0.25, 0.3) is 0 Å². The number of aromatic hydroxyl groups is 1. The first kappa shape index (κ1) is 13.7. The standard InChI is InChI=1S/C15H18N2O4/c18-13-3-1-2-10-11(13)4-5-12(10)16-15(21)17-7-6-9(8-17)14(19)20/h1-3,9,12,18H,4-8H2,(H,16,21)(H,19,20). The number of phenols is 1. The van der Waals surface area contributed by atoms with Gasteiger partial charge in [0.05, 0.1) is 12.0 Å².